The van der Waals surface area contributed by atoms with Crippen LogP contribution in [0.4, 0.5) is 0 Å². The number of carbonyl (C=O) groups is 1. The van der Waals surface area contributed by atoms with Gasteiger partial charge in [0.2, 0.25) is 0 Å². The van der Waals surface area contributed by atoms with Gasteiger partial charge in [-0.2, -0.15) is 0 Å². The Balaban J connectivity index is 2.32. The van der Waals surface area contributed by atoms with Crippen LogP contribution >= 0.6 is 22.6 Å². The molecule has 0 radical (unpaired) electrons. The van der Waals surface area contributed by atoms with E-state index in [2.05, 4.69) is 41.2 Å². The predicted octanol–water partition coefficient (Wildman–Crippen LogP) is 4.67. The van der Waals surface area contributed by atoms with Crippen LogP contribution in [0, 0.1) is 9.49 Å². The average molecular weight is 510 g/mol. The van der Waals surface area contributed by atoms with Crippen molar-refractivity contribution in [3.63, 3.8) is 0 Å². The molecular formula is C23H27IO5. The van der Waals surface area contributed by atoms with Crippen LogP contribution in [0.3, 0.4) is 0 Å². The highest BCUT2D eigenvalue weighted by molar-refractivity contribution is 14.1. The molecule has 0 aliphatic rings. The lowest BCUT2D eigenvalue weighted by molar-refractivity contribution is -0.134. The maximum Gasteiger partial charge on any atom is 0.330 e. The van der Waals surface area contributed by atoms with Gasteiger partial charge in [-0.15, -0.1) is 0 Å². The molecule has 0 spiro atoms. The summed E-state index contributed by atoms with van der Waals surface area (Å²) in [6, 6.07) is 11.9. The van der Waals surface area contributed by atoms with Gasteiger partial charge in [-0.25, -0.2) is 4.79 Å². The van der Waals surface area contributed by atoms with E-state index in [1.54, 1.807) is 6.08 Å². The maximum absolute atomic E-state index is 11.2. The van der Waals surface area contributed by atoms with Crippen molar-refractivity contribution < 1.29 is 24.1 Å². The van der Waals surface area contributed by atoms with Crippen molar-refractivity contribution in [2.75, 3.05) is 13.7 Å². The summed E-state index contributed by atoms with van der Waals surface area (Å²) in [7, 11) is 1.32. The van der Waals surface area contributed by atoms with Gasteiger partial charge < -0.3 is 19.3 Å². The lowest BCUT2D eigenvalue weighted by Gasteiger charge is -2.21. The topological polar surface area (TPSA) is 65.0 Å². The van der Waals surface area contributed by atoms with Gasteiger partial charge in [0.15, 0.2) is 0 Å². The van der Waals surface area contributed by atoms with Crippen LogP contribution in [0.1, 0.15) is 30.5 Å². The van der Waals surface area contributed by atoms with Gasteiger partial charge in [-0.3, -0.25) is 0 Å². The molecule has 0 amide bonds. The van der Waals surface area contributed by atoms with Gasteiger partial charge in [0.25, 0.3) is 0 Å². The zero-order valence-electron chi connectivity index (χ0n) is 17.0. The van der Waals surface area contributed by atoms with Gasteiger partial charge in [0, 0.05) is 6.08 Å². The summed E-state index contributed by atoms with van der Waals surface area (Å²) < 4.78 is 17.5. The minimum Gasteiger partial charge on any atom is -0.488 e. The van der Waals surface area contributed by atoms with E-state index in [1.165, 1.54) is 13.2 Å². The monoisotopic (exact) mass is 510 g/mol. The number of carbonyl (C=O) groups excluding carboxylic acids is 1. The summed E-state index contributed by atoms with van der Waals surface area (Å²) in [4.78, 5) is 11.2. The Morgan fingerprint density at radius 1 is 1.17 bits per heavy atom. The van der Waals surface area contributed by atoms with E-state index in [0.717, 1.165) is 21.1 Å². The summed E-state index contributed by atoms with van der Waals surface area (Å²) >= 11 is 2.20. The molecule has 0 saturated carbocycles. The lowest BCUT2D eigenvalue weighted by Crippen LogP contribution is -2.09. The number of ether oxygens (including phenoxy) is 3. The molecule has 0 aliphatic carbocycles. The minimum absolute atomic E-state index is 0.180. The molecule has 0 aromatic heterocycles. The quantitative estimate of drug-likeness (QED) is 0.286. The molecular weight excluding hydrogens is 483 g/mol. The van der Waals surface area contributed by atoms with Crippen molar-refractivity contribution >= 4 is 28.6 Å². The highest BCUT2D eigenvalue weighted by Crippen LogP contribution is 2.38. The molecule has 0 atom stereocenters. The van der Waals surface area contributed by atoms with Crippen LogP contribution in [-0.2, 0) is 29.2 Å². The zero-order valence-corrected chi connectivity index (χ0v) is 19.1. The van der Waals surface area contributed by atoms with Gasteiger partial charge in [-0.1, -0.05) is 44.2 Å². The molecule has 6 heteroatoms. The van der Waals surface area contributed by atoms with E-state index in [9.17, 15) is 9.90 Å². The molecule has 5 nitrogen and oxygen atoms in total. The van der Waals surface area contributed by atoms with Crippen LogP contribution in [0.5, 0.6) is 11.5 Å². The van der Waals surface area contributed by atoms with Crippen molar-refractivity contribution in [3.05, 3.63) is 68.8 Å². The second kappa shape index (κ2) is 11.8. The van der Waals surface area contributed by atoms with Crippen molar-refractivity contribution in [3.8, 4) is 11.5 Å². The van der Waals surface area contributed by atoms with Crippen LogP contribution < -0.4 is 9.47 Å². The third kappa shape index (κ3) is 7.04. The highest BCUT2D eigenvalue weighted by atomic mass is 127. The first-order valence-electron chi connectivity index (χ1n) is 9.45. The first-order chi connectivity index (χ1) is 14.0. The predicted molar refractivity (Wildman–Crippen MR) is 121 cm³/mol. The smallest absolute Gasteiger partial charge is 0.330 e. The van der Waals surface area contributed by atoms with Gasteiger partial charge in [-0.05, 0) is 58.2 Å². The number of benzene rings is 2. The van der Waals surface area contributed by atoms with E-state index in [1.807, 2.05) is 36.4 Å². The van der Waals surface area contributed by atoms with Crippen molar-refractivity contribution in [1.29, 1.82) is 0 Å². The maximum atomic E-state index is 11.2. The molecule has 0 unspecified atom stereocenters. The van der Waals surface area contributed by atoms with Crippen LogP contribution in [0.25, 0.3) is 0 Å². The van der Waals surface area contributed by atoms with Crippen molar-refractivity contribution in [2.45, 2.75) is 33.5 Å². The summed E-state index contributed by atoms with van der Waals surface area (Å²) in [6.45, 7) is 4.67. The zero-order chi connectivity index (χ0) is 21.2. The second-order valence-corrected chi connectivity index (χ2v) is 8.08. The third-order valence-corrected chi connectivity index (χ3v) is 4.95. The van der Waals surface area contributed by atoms with E-state index < -0.39 is 5.97 Å². The third-order valence-electron chi connectivity index (χ3n) is 4.15. The van der Waals surface area contributed by atoms with E-state index in [4.69, 9.17) is 9.47 Å². The van der Waals surface area contributed by atoms with Crippen molar-refractivity contribution in [2.24, 2.45) is 5.92 Å². The SMILES string of the molecule is COC(=O)/C=C/COc1c(I)cc(CC(C)C)c(OCc2ccccc2)c1CO. The number of hydrogen-bond acceptors (Lipinski definition) is 5. The molecule has 0 heterocycles. The van der Waals surface area contributed by atoms with Crippen molar-refractivity contribution in [1.82, 2.24) is 0 Å². The summed E-state index contributed by atoms with van der Waals surface area (Å²) in [5, 5.41) is 10.1. The number of hydrogen-bond donors (Lipinski definition) is 1. The van der Waals surface area contributed by atoms with Crippen LogP contribution in [0.15, 0.2) is 48.6 Å². The normalized spacial score (nSPS) is 11.1. The summed E-state index contributed by atoms with van der Waals surface area (Å²) in [5.41, 5.74) is 2.71. The Bertz CT molecular complexity index is 831. The number of halogens is 1. The Morgan fingerprint density at radius 2 is 1.90 bits per heavy atom. The number of esters is 1. The largest absolute Gasteiger partial charge is 0.488 e. The Kier molecular flexibility index (Phi) is 9.47. The first kappa shape index (κ1) is 23.2. The number of methoxy groups -OCH3 is 1. The number of aliphatic hydroxyl groups is 1. The van der Waals surface area contributed by atoms with Crippen LogP contribution in [-0.4, -0.2) is 24.8 Å². The first-order valence-corrected chi connectivity index (χ1v) is 10.5. The van der Waals surface area contributed by atoms with E-state index in [0.29, 0.717) is 29.6 Å². The molecule has 2 aromatic carbocycles. The fourth-order valence-electron chi connectivity index (χ4n) is 2.87. The van der Waals surface area contributed by atoms with Gasteiger partial charge in [0.05, 0.1) is 22.9 Å². The van der Waals surface area contributed by atoms with E-state index >= 15 is 0 Å². The summed E-state index contributed by atoms with van der Waals surface area (Å²) in [5.74, 6) is 1.23. The molecule has 156 valence electrons. The molecule has 29 heavy (non-hydrogen) atoms. The minimum atomic E-state index is -0.440. The van der Waals surface area contributed by atoms with Gasteiger partial charge >= 0.3 is 5.97 Å². The van der Waals surface area contributed by atoms with E-state index in [-0.39, 0.29) is 13.2 Å². The molecule has 2 rings (SSSR count). The fraction of sp³-hybridized carbons (Fsp3) is 0.348. The molecule has 2 aromatic rings. The summed E-state index contributed by atoms with van der Waals surface area (Å²) in [6.07, 6.45) is 3.72. The molecule has 0 bridgehead atoms. The Labute approximate surface area is 185 Å². The second-order valence-electron chi connectivity index (χ2n) is 6.92. The molecule has 0 aliphatic heterocycles. The van der Waals surface area contributed by atoms with Gasteiger partial charge in [0.1, 0.15) is 24.7 Å². The molecule has 0 fully saturated rings. The highest BCUT2D eigenvalue weighted by Gasteiger charge is 2.20. The number of aliphatic hydroxyl groups excluding tert-OH is 1. The fourth-order valence-corrected chi connectivity index (χ4v) is 3.73. The average Bonchev–Trinajstić information content (AvgIpc) is 2.71. The Morgan fingerprint density at radius 3 is 2.52 bits per heavy atom. The van der Waals surface area contributed by atoms with Crippen LogP contribution in [0.2, 0.25) is 0 Å². The Hall–Kier alpha value is -2.06. The molecule has 0 saturated heterocycles. The standard InChI is InChI=1S/C23H27IO5/c1-16(2)12-18-13-20(24)23(28-11-7-10-21(26)27-3)19(14-25)22(18)29-15-17-8-5-4-6-9-17/h4-10,13,16,25H,11-12,14-15H2,1-3H3/b10-7+. The lowest BCUT2D eigenvalue weighted by atomic mass is 9.99. The number of rotatable bonds is 10. The molecule has 1 N–H and O–H groups in total.